The molecule has 1 aromatic carbocycles. The van der Waals surface area contributed by atoms with Crippen molar-refractivity contribution in [3.8, 4) is 0 Å². The Bertz CT molecular complexity index is 409. The molecule has 1 unspecified atom stereocenters. The summed E-state index contributed by atoms with van der Waals surface area (Å²) in [6, 6.07) is 8.53. The molecule has 0 saturated heterocycles. The molecule has 1 aromatic rings. The Kier molecular flexibility index (Phi) is 5.83. The molecule has 0 aromatic heterocycles. The smallest absolute Gasteiger partial charge is 0.0687 e. The molecule has 0 radical (unpaired) electrons. The molecule has 20 heavy (non-hydrogen) atoms. The van der Waals surface area contributed by atoms with Gasteiger partial charge in [0.1, 0.15) is 0 Å². The van der Waals surface area contributed by atoms with Gasteiger partial charge >= 0.3 is 0 Å². The number of β-amino-alcohol motifs (C(OH)–C–C–N with tert-alkyl or cyclic N) is 1. The van der Waals surface area contributed by atoms with E-state index in [2.05, 4.69) is 34.1 Å². The van der Waals surface area contributed by atoms with E-state index in [0.29, 0.717) is 6.54 Å². The third-order valence-electron chi connectivity index (χ3n) is 3.72. The van der Waals surface area contributed by atoms with Gasteiger partial charge in [-0.25, -0.2) is 0 Å². The van der Waals surface area contributed by atoms with E-state index in [4.69, 9.17) is 4.74 Å². The van der Waals surface area contributed by atoms with Crippen LogP contribution < -0.4 is 4.90 Å². The molecular formula is C16H26N2O2. The van der Waals surface area contributed by atoms with Crippen LogP contribution in [-0.2, 0) is 11.3 Å². The minimum atomic E-state index is -0.299. The van der Waals surface area contributed by atoms with Crippen molar-refractivity contribution in [3.05, 3.63) is 29.8 Å². The van der Waals surface area contributed by atoms with Gasteiger partial charge in [-0.1, -0.05) is 18.2 Å². The van der Waals surface area contributed by atoms with Crippen LogP contribution in [0.4, 0.5) is 5.69 Å². The molecule has 0 bridgehead atoms. The summed E-state index contributed by atoms with van der Waals surface area (Å²) in [6.45, 7) is 7.33. The molecular weight excluding hydrogens is 252 g/mol. The maximum Gasteiger partial charge on any atom is 0.0687 e. The number of fused-ring (bicyclic) bond motifs is 1. The quantitative estimate of drug-likeness (QED) is 0.890. The minimum absolute atomic E-state index is 0.299. The summed E-state index contributed by atoms with van der Waals surface area (Å²) in [5.41, 5.74) is 2.60. The normalized spacial score (nSPS) is 18.2. The number of nitrogens with zero attached hydrogens (tertiary/aromatic N) is 2. The zero-order valence-corrected chi connectivity index (χ0v) is 12.6. The van der Waals surface area contributed by atoms with Crippen molar-refractivity contribution in [1.29, 1.82) is 0 Å². The standard InChI is InChI=1S/C16H26N2O2/c1-14(19)12-18-9-5-8-17(10-11-20-2)13-15-6-3-4-7-16(15)18/h3-4,6-7,14,19H,5,8-13H2,1-2H3. The van der Waals surface area contributed by atoms with Gasteiger partial charge in [0, 0.05) is 45.5 Å². The molecule has 0 spiro atoms. The van der Waals surface area contributed by atoms with Gasteiger partial charge < -0.3 is 14.7 Å². The third kappa shape index (κ3) is 4.20. The second-order valence-corrected chi connectivity index (χ2v) is 5.55. The van der Waals surface area contributed by atoms with Gasteiger partial charge in [0.2, 0.25) is 0 Å². The number of anilines is 1. The number of methoxy groups -OCH3 is 1. The molecule has 112 valence electrons. The summed E-state index contributed by atoms with van der Waals surface area (Å²) in [5, 5.41) is 9.69. The number of hydrogen-bond acceptors (Lipinski definition) is 4. The van der Waals surface area contributed by atoms with Crippen LogP contribution in [0.3, 0.4) is 0 Å². The topological polar surface area (TPSA) is 35.9 Å². The van der Waals surface area contributed by atoms with E-state index >= 15 is 0 Å². The summed E-state index contributed by atoms with van der Waals surface area (Å²) < 4.78 is 5.19. The molecule has 0 aliphatic carbocycles. The number of hydrogen-bond donors (Lipinski definition) is 1. The van der Waals surface area contributed by atoms with Crippen molar-refractivity contribution in [2.75, 3.05) is 44.8 Å². The van der Waals surface area contributed by atoms with Crippen LogP contribution >= 0.6 is 0 Å². The second kappa shape index (κ2) is 7.62. The largest absolute Gasteiger partial charge is 0.392 e. The molecule has 1 aliphatic rings. The molecule has 2 rings (SSSR count). The first-order chi connectivity index (χ1) is 9.70. The zero-order chi connectivity index (χ0) is 14.4. The Morgan fingerprint density at radius 2 is 2.10 bits per heavy atom. The number of ether oxygens (including phenoxy) is 1. The van der Waals surface area contributed by atoms with Crippen molar-refractivity contribution >= 4 is 5.69 Å². The molecule has 4 heteroatoms. The fourth-order valence-corrected chi connectivity index (χ4v) is 2.80. The van der Waals surface area contributed by atoms with Crippen LogP contribution in [0, 0.1) is 0 Å². The van der Waals surface area contributed by atoms with Crippen LogP contribution in [0.15, 0.2) is 24.3 Å². The molecule has 1 heterocycles. The molecule has 0 saturated carbocycles. The minimum Gasteiger partial charge on any atom is -0.392 e. The Labute approximate surface area is 122 Å². The van der Waals surface area contributed by atoms with Crippen LogP contribution in [-0.4, -0.2) is 56.0 Å². The highest BCUT2D eigenvalue weighted by Crippen LogP contribution is 2.24. The molecule has 1 atom stereocenters. The van der Waals surface area contributed by atoms with Gasteiger partial charge in [-0.05, 0) is 25.0 Å². The highest BCUT2D eigenvalue weighted by Gasteiger charge is 2.18. The van der Waals surface area contributed by atoms with Gasteiger partial charge in [-0.15, -0.1) is 0 Å². The third-order valence-corrected chi connectivity index (χ3v) is 3.72. The van der Waals surface area contributed by atoms with Gasteiger partial charge in [-0.3, -0.25) is 4.90 Å². The number of aliphatic hydroxyl groups excluding tert-OH is 1. The highest BCUT2D eigenvalue weighted by molar-refractivity contribution is 5.54. The van der Waals surface area contributed by atoms with E-state index < -0.39 is 0 Å². The van der Waals surface area contributed by atoms with Crippen LogP contribution in [0.5, 0.6) is 0 Å². The zero-order valence-electron chi connectivity index (χ0n) is 12.6. The van der Waals surface area contributed by atoms with E-state index in [1.165, 1.54) is 11.3 Å². The Morgan fingerprint density at radius 3 is 2.85 bits per heavy atom. The van der Waals surface area contributed by atoms with Crippen LogP contribution in [0.2, 0.25) is 0 Å². The van der Waals surface area contributed by atoms with Crippen LogP contribution in [0.1, 0.15) is 18.9 Å². The van der Waals surface area contributed by atoms with E-state index in [-0.39, 0.29) is 6.10 Å². The second-order valence-electron chi connectivity index (χ2n) is 5.55. The van der Waals surface area contributed by atoms with Crippen molar-refractivity contribution in [1.82, 2.24) is 4.90 Å². The summed E-state index contributed by atoms with van der Waals surface area (Å²) in [4.78, 5) is 4.76. The lowest BCUT2D eigenvalue weighted by molar-refractivity contribution is 0.142. The Hall–Kier alpha value is -1.10. The summed E-state index contributed by atoms with van der Waals surface area (Å²) in [6.07, 6.45) is 0.817. The van der Waals surface area contributed by atoms with E-state index in [0.717, 1.165) is 39.2 Å². The van der Waals surface area contributed by atoms with Gasteiger partial charge in [-0.2, -0.15) is 0 Å². The SMILES string of the molecule is COCCN1CCCN(CC(C)O)c2ccccc2C1. The van der Waals surface area contributed by atoms with Crippen molar-refractivity contribution < 1.29 is 9.84 Å². The molecule has 1 aliphatic heterocycles. The fourth-order valence-electron chi connectivity index (χ4n) is 2.80. The van der Waals surface area contributed by atoms with Crippen LogP contribution in [0.25, 0.3) is 0 Å². The number of aliphatic hydroxyl groups is 1. The average Bonchev–Trinajstić information content (AvgIpc) is 2.41. The highest BCUT2D eigenvalue weighted by atomic mass is 16.5. The maximum absolute atomic E-state index is 9.69. The lowest BCUT2D eigenvalue weighted by atomic mass is 10.1. The van der Waals surface area contributed by atoms with E-state index in [1.807, 2.05) is 6.92 Å². The fraction of sp³-hybridized carbons (Fsp3) is 0.625. The molecule has 4 nitrogen and oxygen atoms in total. The maximum atomic E-state index is 9.69. The van der Waals surface area contributed by atoms with E-state index in [1.54, 1.807) is 7.11 Å². The first-order valence-electron chi connectivity index (χ1n) is 7.43. The molecule has 1 N–H and O–H groups in total. The Balaban J connectivity index is 2.15. The van der Waals surface area contributed by atoms with Gasteiger partial charge in [0.25, 0.3) is 0 Å². The summed E-state index contributed by atoms with van der Waals surface area (Å²) >= 11 is 0. The number of benzene rings is 1. The summed E-state index contributed by atoms with van der Waals surface area (Å²) in [7, 11) is 1.75. The van der Waals surface area contributed by atoms with Gasteiger partial charge in [0.05, 0.1) is 12.7 Å². The lowest BCUT2D eigenvalue weighted by Gasteiger charge is -2.34. The number of para-hydroxylation sites is 1. The lowest BCUT2D eigenvalue weighted by Crippen LogP contribution is -2.38. The molecule has 0 amide bonds. The van der Waals surface area contributed by atoms with Crippen molar-refractivity contribution in [2.45, 2.75) is 26.0 Å². The van der Waals surface area contributed by atoms with Crippen molar-refractivity contribution in [2.24, 2.45) is 0 Å². The first-order valence-corrected chi connectivity index (χ1v) is 7.43. The molecule has 0 fully saturated rings. The monoisotopic (exact) mass is 278 g/mol. The number of rotatable bonds is 5. The van der Waals surface area contributed by atoms with Crippen molar-refractivity contribution in [3.63, 3.8) is 0 Å². The van der Waals surface area contributed by atoms with E-state index in [9.17, 15) is 5.11 Å². The summed E-state index contributed by atoms with van der Waals surface area (Å²) in [5.74, 6) is 0. The predicted octanol–water partition coefficient (Wildman–Crippen LogP) is 1.73. The predicted molar refractivity (Wildman–Crippen MR) is 82.1 cm³/mol. The average molecular weight is 278 g/mol. The first kappa shape index (κ1) is 15.3. The Morgan fingerprint density at radius 1 is 1.30 bits per heavy atom. The van der Waals surface area contributed by atoms with Gasteiger partial charge in [0.15, 0.2) is 0 Å².